The molecule has 126 valence electrons. The van der Waals surface area contributed by atoms with Crippen LogP contribution in [-0.2, 0) is 24.2 Å². The van der Waals surface area contributed by atoms with Crippen LogP contribution in [0.15, 0.2) is 30.6 Å². The third-order valence-corrected chi connectivity index (χ3v) is 4.68. The van der Waals surface area contributed by atoms with Crippen LogP contribution in [0.1, 0.15) is 16.8 Å². The Morgan fingerprint density at radius 1 is 1.17 bits per heavy atom. The summed E-state index contributed by atoms with van der Waals surface area (Å²) in [6, 6.07) is 6.76. The van der Waals surface area contributed by atoms with Crippen molar-refractivity contribution in [1.29, 1.82) is 0 Å². The lowest BCUT2D eigenvalue weighted by Gasteiger charge is -2.40. The minimum Gasteiger partial charge on any atom is -0.370 e. The van der Waals surface area contributed by atoms with Crippen LogP contribution in [0, 0.1) is 5.82 Å². The molecule has 6 heteroatoms. The van der Waals surface area contributed by atoms with Crippen LogP contribution in [0.3, 0.4) is 0 Å². The summed E-state index contributed by atoms with van der Waals surface area (Å²) in [6.45, 7) is 3.85. The van der Waals surface area contributed by atoms with Crippen LogP contribution in [0.5, 0.6) is 0 Å². The molecule has 2 aliphatic heterocycles. The lowest BCUT2D eigenvalue weighted by atomic mass is 10.1. The van der Waals surface area contributed by atoms with Crippen LogP contribution in [0.25, 0.3) is 0 Å². The molecule has 0 bridgehead atoms. The van der Waals surface area contributed by atoms with E-state index in [2.05, 4.69) is 20.2 Å². The predicted molar refractivity (Wildman–Crippen MR) is 89.5 cm³/mol. The molecule has 0 amide bonds. The third-order valence-electron chi connectivity index (χ3n) is 4.68. The number of aromatic nitrogens is 2. The van der Waals surface area contributed by atoms with Crippen molar-refractivity contribution in [2.24, 2.45) is 0 Å². The molecule has 24 heavy (non-hydrogen) atoms. The van der Waals surface area contributed by atoms with E-state index in [9.17, 15) is 4.39 Å². The number of hydrogen-bond donors (Lipinski definition) is 1. The molecule has 1 fully saturated rings. The Kier molecular flexibility index (Phi) is 4.40. The van der Waals surface area contributed by atoms with E-state index in [0.717, 1.165) is 50.5 Å². The van der Waals surface area contributed by atoms with Crippen LogP contribution >= 0.6 is 0 Å². The summed E-state index contributed by atoms with van der Waals surface area (Å²) >= 11 is 0. The van der Waals surface area contributed by atoms with Crippen molar-refractivity contribution >= 4 is 5.82 Å². The molecule has 4 rings (SSSR count). The summed E-state index contributed by atoms with van der Waals surface area (Å²) in [6.07, 6.45) is 3.70. The van der Waals surface area contributed by atoms with Gasteiger partial charge in [-0.15, -0.1) is 0 Å². The van der Waals surface area contributed by atoms with Gasteiger partial charge in [-0.2, -0.15) is 0 Å². The lowest BCUT2D eigenvalue weighted by molar-refractivity contribution is 0.0207. The number of rotatable bonds is 4. The highest BCUT2D eigenvalue weighted by atomic mass is 19.1. The summed E-state index contributed by atoms with van der Waals surface area (Å²) in [7, 11) is 0. The molecule has 1 aromatic heterocycles. The molecular formula is C18H21FN4O. The quantitative estimate of drug-likeness (QED) is 0.926. The molecule has 2 aliphatic rings. The topological polar surface area (TPSA) is 50.3 Å². The van der Waals surface area contributed by atoms with E-state index in [-0.39, 0.29) is 11.9 Å². The second kappa shape index (κ2) is 6.83. The molecule has 3 heterocycles. The summed E-state index contributed by atoms with van der Waals surface area (Å²) in [5, 5.41) is 3.40. The molecule has 0 spiro atoms. The fraction of sp³-hybridized carbons (Fsp3) is 0.444. The first-order chi connectivity index (χ1) is 11.8. The predicted octanol–water partition coefficient (Wildman–Crippen LogP) is 1.71. The zero-order valence-corrected chi connectivity index (χ0v) is 13.5. The van der Waals surface area contributed by atoms with Crippen molar-refractivity contribution in [1.82, 2.24) is 15.3 Å². The molecule has 0 saturated carbocycles. The van der Waals surface area contributed by atoms with Gasteiger partial charge < -0.3 is 15.0 Å². The van der Waals surface area contributed by atoms with Crippen molar-refractivity contribution in [3.05, 3.63) is 53.2 Å². The monoisotopic (exact) mass is 328 g/mol. The van der Waals surface area contributed by atoms with E-state index < -0.39 is 0 Å². The highest BCUT2D eigenvalue weighted by Gasteiger charge is 2.31. The number of hydrogen-bond acceptors (Lipinski definition) is 5. The van der Waals surface area contributed by atoms with E-state index >= 15 is 0 Å². The molecule has 0 atom stereocenters. The zero-order chi connectivity index (χ0) is 16.4. The van der Waals surface area contributed by atoms with Crippen LogP contribution in [-0.4, -0.2) is 42.3 Å². The third kappa shape index (κ3) is 3.12. The number of halogens is 1. The van der Waals surface area contributed by atoms with Gasteiger partial charge in [-0.1, -0.05) is 18.2 Å². The number of benzene rings is 1. The van der Waals surface area contributed by atoms with E-state index in [1.165, 1.54) is 11.6 Å². The summed E-state index contributed by atoms with van der Waals surface area (Å²) in [5.74, 6) is 0.830. The minimum absolute atomic E-state index is 0.124. The van der Waals surface area contributed by atoms with Gasteiger partial charge in [0.2, 0.25) is 0 Å². The van der Waals surface area contributed by atoms with Gasteiger partial charge in [0, 0.05) is 37.2 Å². The second-order valence-electron chi connectivity index (χ2n) is 6.30. The van der Waals surface area contributed by atoms with Crippen molar-refractivity contribution in [3.63, 3.8) is 0 Å². The molecular weight excluding hydrogens is 307 g/mol. The van der Waals surface area contributed by atoms with E-state index in [4.69, 9.17) is 4.74 Å². The number of nitrogens with one attached hydrogen (secondary N) is 1. The van der Waals surface area contributed by atoms with Gasteiger partial charge in [-0.05, 0) is 19.0 Å². The van der Waals surface area contributed by atoms with Gasteiger partial charge in [0.15, 0.2) is 0 Å². The number of fused-ring (bicyclic) bond motifs is 1. The first-order valence-corrected chi connectivity index (χ1v) is 8.44. The molecule has 2 aromatic rings. The van der Waals surface area contributed by atoms with Crippen LogP contribution in [0.4, 0.5) is 10.2 Å². The normalized spacial score (nSPS) is 18.0. The average molecular weight is 328 g/mol. The van der Waals surface area contributed by atoms with E-state index in [1.807, 2.05) is 6.07 Å². The Balaban J connectivity index is 1.37. The molecule has 1 N–H and O–H groups in total. The van der Waals surface area contributed by atoms with Gasteiger partial charge >= 0.3 is 0 Å². The Hall–Kier alpha value is -2.05. The Morgan fingerprint density at radius 2 is 2.00 bits per heavy atom. The molecule has 5 nitrogen and oxygen atoms in total. The van der Waals surface area contributed by atoms with Gasteiger partial charge in [-0.25, -0.2) is 14.4 Å². The minimum atomic E-state index is -0.206. The molecule has 0 radical (unpaired) electrons. The summed E-state index contributed by atoms with van der Waals surface area (Å²) in [5.41, 5.74) is 3.02. The molecule has 0 unspecified atom stereocenters. The number of ether oxygens (including phenoxy) is 1. The SMILES string of the molecule is Fc1ccccc1COC1CN(c2ncnc3c2CCNCC3)C1. The molecule has 0 aliphatic carbocycles. The Bertz CT molecular complexity index is 718. The second-order valence-corrected chi connectivity index (χ2v) is 6.30. The number of nitrogens with zero attached hydrogens (tertiary/aromatic N) is 3. The lowest BCUT2D eigenvalue weighted by Crippen LogP contribution is -2.53. The van der Waals surface area contributed by atoms with Gasteiger partial charge in [0.1, 0.15) is 18.0 Å². The number of anilines is 1. The van der Waals surface area contributed by atoms with Crippen LogP contribution in [0.2, 0.25) is 0 Å². The Labute approximate surface area is 140 Å². The van der Waals surface area contributed by atoms with Crippen molar-refractivity contribution in [3.8, 4) is 0 Å². The summed E-state index contributed by atoms with van der Waals surface area (Å²) < 4.78 is 19.4. The van der Waals surface area contributed by atoms with E-state index in [0.29, 0.717) is 12.2 Å². The average Bonchev–Trinajstić information content (AvgIpc) is 2.81. The fourth-order valence-electron chi connectivity index (χ4n) is 3.27. The fourth-order valence-corrected chi connectivity index (χ4v) is 3.27. The highest BCUT2D eigenvalue weighted by Crippen LogP contribution is 2.27. The largest absolute Gasteiger partial charge is 0.370 e. The van der Waals surface area contributed by atoms with Gasteiger partial charge in [0.05, 0.1) is 18.4 Å². The van der Waals surface area contributed by atoms with Crippen molar-refractivity contribution in [2.75, 3.05) is 31.1 Å². The van der Waals surface area contributed by atoms with Crippen LogP contribution < -0.4 is 10.2 Å². The smallest absolute Gasteiger partial charge is 0.135 e. The Morgan fingerprint density at radius 3 is 2.88 bits per heavy atom. The maximum Gasteiger partial charge on any atom is 0.135 e. The molecule has 1 aromatic carbocycles. The van der Waals surface area contributed by atoms with Gasteiger partial charge in [0.25, 0.3) is 0 Å². The first kappa shape index (κ1) is 15.5. The highest BCUT2D eigenvalue weighted by molar-refractivity contribution is 5.51. The standard InChI is InChI=1S/C18H21FN4O/c19-16-4-2-1-3-13(16)11-24-14-9-23(10-14)18-15-5-7-20-8-6-17(15)21-12-22-18/h1-4,12,14,20H,5-11H2. The summed E-state index contributed by atoms with van der Waals surface area (Å²) in [4.78, 5) is 11.2. The van der Waals surface area contributed by atoms with Crippen molar-refractivity contribution < 1.29 is 9.13 Å². The van der Waals surface area contributed by atoms with Crippen molar-refractivity contribution in [2.45, 2.75) is 25.6 Å². The maximum atomic E-state index is 13.6. The maximum absolute atomic E-state index is 13.6. The first-order valence-electron chi connectivity index (χ1n) is 8.44. The van der Waals surface area contributed by atoms with Gasteiger partial charge in [-0.3, -0.25) is 0 Å². The molecule has 1 saturated heterocycles. The van der Waals surface area contributed by atoms with E-state index in [1.54, 1.807) is 18.5 Å². The zero-order valence-electron chi connectivity index (χ0n) is 13.5.